The lowest BCUT2D eigenvalue weighted by molar-refractivity contribution is 0.544. The van der Waals surface area contributed by atoms with Crippen molar-refractivity contribution >= 4 is 28.6 Å². The Kier molecular flexibility index (Phi) is 3.58. The number of nitrogens with two attached hydrogens (primary N) is 1. The van der Waals surface area contributed by atoms with E-state index < -0.39 is 11.4 Å². The highest BCUT2D eigenvalue weighted by atomic mass is 32.1. The predicted molar refractivity (Wildman–Crippen MR) is 116 cm³/mol. The third-order valence-corrected chi connectivity index (χ3v) is 8.11. The summed E-state index contributed by atoms with van der Waals surface area (Å²) in [6.45, 7) is 0.730. The SMILES string of the molecule is Nc1nn2ccc(N3CC[C@H]4C[C@]43c3cc(F)ccc3F)nc2c1-c1nnc(C2CC2)s1. The largest absolute Gasteiger partial charge is 0.382 e. The maximum absolute atomic E-state index is 14.7. The molecule has 162 valence electrons. The van der Waals surface area contributed by atoms with Crippen LogP contribution in [0.2, 0.25) is 0 Å². The van der Waals surface area contributed by atoms with Gasteiger partial charge in [-0.3, -0.25) is 0 Å². The predicted octanol–water partition coefficient (Wildman–Crippen LogP) is 4.11. The first-order valence-electron chi connectivity index (χ1n) is 10.8. The van der Waals surface area contributed by atoms with Crippen LogP contribution in [0.3, 0.4) is 0 Å². The van der Waals surface area contributed by atoms with E-state index in [0.717, 1.165) is 43.3 Å². The molecule has 0 bridgehead atoms. The first-order chi connectivity index (χ1) is 15.5. The third kappa shape index (κ3) is 2.49. The molecular weight excluding hydrogens is 432 g/mol. The molecule has 0 spiro atoms. The van der Waals surface area contributed by atoms with Crippen LogP contribution < -0.4 is 10.6 Å². The fourth-order valence-corrected chi connectivity index (χ4v) is 6.28. The van der Waals surface area contributed by atoms with E-state index in [0.29, 0.717) is 39.3 Å². The van der Waals surface area contributed by atoms with E-state index in [1.807, 2.05) is 12.3 Å². The molecule has 0 unspecified atom stereocenters. The second-order valence-electron chi connectivity index (χ2n) is 8.92. The van der Waals surface area contributed by atoms with E-state index in [4.69, 9.17) is 10.7 Å². The summed E-state index contributed by atoms with van der Waals surface area (Å²) in [5.41, 5.74) is 7.37. The van der Waals surface area contributed by atoms with Crippen LogP contribution >= 0.6 is 11.3 Å². The molecule has 3 aliphatic rings. The molecule has 2 saturated carbocycles. The van der Waals surface area contributed by atoms with E-state index in [1.165, 1.54) is 23.5 Å². The molecule has 3 aromatic heterocycles. The van der Waals surface area contributed by atoms with Crippen molar-refractivity contribution in [2.24, 2.45) is 5.92 Å². The molecule has 32 heavy (non-hydrogen) atoms. The van der Waals surface area contributed by atoms with E-state index in [-0.39, 0.29) is 11.7 Å². The summed E-state index contributed by atoms with van der Waals surface area (Å²) in [6.07, 6.45) is 5.81. The van der Waals surface area contributed by atoms with Gasteiger partial charge in [-0.15, -0.1) is 15.3 Å². The molecule has 2 N–H and O–H groups in total. The zero-order valence-electron chi connectivity index (χ0n) is 17.0. The van der Waals surface area contributed by atoms with E-state index in [2.05, 4.69) is 20.2 Å². The van der Waals surface area contributed by atoms with Crippen molar-refractivity contribution in [3.8, 4) is 10.6 Å². The summed E-state index contributed by atoms with van der Waals surface area (Å²) in [5, 5.41) is 14.8. The summed E-state index contributed by atoms with van der Waals surface area (Å²) < 4.78 is 30.4. The van der Waals surface area contributed by atoms with Crippen LogP contribution in [0.1, 0.15) is 42.2 Å². The molecule has 1 aliphatic heterocycles. The number of hydrogen-bond acceptors (Lipinski definition) is 7. The van der Waals surface area contributed by atoms with Crippen LogP contribution in [-0.4, -0.2) is 31.3 Å². The van der Waals surface area contributed by atoms with Crippen molar-refractivity contribution in [2.45, 2.75) is 37.1 Å². The minimum atomic E-state index is -0.550. The summed E-state index contributed by atoms with van der Waals surface area (Å²) in [5.74, 6) is 1.04. The number of fused-ring (bicyclic) bond motifs is 2. The van der Waals surface area contributed by atoms with E-state index >= 15 is 0 Å². The third-order valence-electron chi connectivity index (χ3n) is 7.01. The Labute approximate surface area is 185 Å². The van der Waals surface area contributed by atoms with Gasteiger partial charge < -0.3 is 10.6 Å². The highest BCUT2D eigenvalue weighted by Gasteiger charge is 2.64. The number of nitrogen functional groups attached to an aromatic ring is 1. The number of nitrogens with zero attached hydrogens (tertiary/aromatic N) is 6. The first-order valence-corrected chi connectivity index (χ1v) is 11.6. The lowest BCUT2D eigenvalue weighted by Gasteiger charge is -2.30. The van der Waals surface area contributed by atoms with Crippen LogP contribution in [0.15, 0.2) is 30.5 Å². The maximum atomic E-state index is 14.7. The fourth-order valence-electron chi connectivity index (χ4n) is 5.22. The van der Waals surface area contributed by atoms with Crippen molar-refractivity contribution in [2.75, 3.05) is 17.2 Å². The number of aromatic nitrogens is 5. The summed E-state index contributed by atoms with van der Waals surface area (Å²) in [4.78, 5) is 7.00. The van der Waals surface area contributed by atoms with E-state index in [9.17, 15) is 8.78 Å². The van der Waals surface area contributed by atoms with Gasteiger partial charge in [-0.2, -0.15) is 0 Å². The van der Waals surface area contributed by atoms with Crippen molar-refractivity contribution < 1.29 is 8.78 Å². The van der Waals surface area contributed by atoms with Gasteiger partial charge in [-0.05, 0) is 55.9 Å². The van der Waals surface area contributed by atoms with Gasteiger partial charge in [0.25, 0.3) is 0 Å². The van der Waals surface area contributed by atoms with Gasteiger partial charge in [0, 0.05) is 24.2 Å². The van der Waals surface area contributed by atoms with Gasteiger partial charge >= 0.3 is 0 Å². The summed E-state index contributed by atoms with van der Waals surface area (Å²) in [7, 11) is 0. The normalized spacial score (nSPS) is 24.3. The second-order valence-corrected chi connectivity index (χ2v) is 9.93. The van der Waals surface area contributed by atoms with Crippen LogP contribution in [0.25, 0.3) is 16.2 Å². The Hall–Kier alpha value is -3.14. The van der Waals surface area contributed by atoms with Gasteiger partial charge in [0.05, 0.1) is 5.54 Å². The average Bonchev–Trinajstić information content (AvgIpc) is 3.63. The molecule has 3 fully saturated rings. The monoisotopic (exact) mass is 451 g/mol. The number of halogens is 2. The zero-order valence-corrected chi connectivity index (χ0v) is 17.8. The van der Waals surface area contributed by atoms with Crippen LogP contribution in [0, 0.1) is 17.6 Å². The van der Waals surface area contributed by atoms with Crippen LogP contribution in [0.5, 0.6) is 0 Å². The molecule has 4 aromatic rings. The lowest BCUT2D eigenvalue weighted by Crippen LogP contribution is -2.34. The quantitative estimate of drug-likeness (QED) is 0.503. The Morgan fingerprint density at radius 3 is 2.81 bits per heavy atom. The highest BCUT2D eigenvalue weighted by molar-refractivity contribution is 7.14. The molecule has 1 saturated heterocycles. The van der Waals surface area contributed by atoms with Crippen molar-refractivity contribution in [3.05, 3.63) is 52.7 Å². The molecule has 7 nitrogen and oxygen atoms in total. The molecule has 7 rings (SSSR count). The average molecular weight is 452 g/mol. The zero-order chi connectivity index (χ0) is 21.6. The van der Waals surface area contributed by atoms with Gasteiger partial charge in [0.15, 0.2) is 16.5 Å². The standard InChI is InChI=1S/C22H19F2N7S/c23-13-3-4-15(24)14(9-13)22-10-12(22)5-7-30(22)16-6-8-31-19(26-16)17(18(25)29-31)21-28-27-20(32-21)11-1-2-11/h3-4,6,8-9,11-12H,1-2,5,7,10H2,(H2,25,29)/t12-,22+/m0/s1. The summed E-state index contributed by atoms with van der Waals surface area (Å²) in [6, 6.07) is 5.56. The molecule has 0 amide bonds. The summed E-state index contributed by atoms with van der Waals surface area (Å²) >= 11 is 1.54. The Morgan fingerprint density at radius 2 is 2.00 bits per heavy atom. The topological polar surface area (TPSA) is 85.2 Å². The van der Waals surface area contributed by atoms with Crippen molar-refractivity contribution in [1.29, 1.82) is 0 Å². The molecule has 2 atom stereocenters. The fraction of sp³-hybridized carbons (Fsp3) is 0.364. The molecule has 1 aromatic carbocycles. The van der Waals surface area contributed by atoms with E-state index in [1.54, 1.807) is 4.52 Å². The maximum Gasteiger partial charge on any atom is 0.169 e. The van der Waals surface area contributed by atoms with Crippen LogP contribution in [-0.2, 0) is 5.54 Å². The Morgan fingerprint density at radius 1 is 1.12 bits per heavy atom. The minimum Gasteiger partial charge on any atom is -0.382 e. The first kappa shape index (κ1) is 18.4. The van der Waals surface area contributed by atoms with Gasteiger partial charge in [0.1, 0.15) is 28.0 Å². The number of anilines is 2. The highest BCUT2D eigenvalue weighted by Crippen LogP contribution is 2.63. The number of piperidine rings is 1. The lowest BCUT2D eigenvalue weighted by atomic mass is 10.0. The smallest absolute Gasteiger partial charge is 0.169 e. The molecular formula is C22H19F2N7S. The number of benzene rings is 1. The minimum absolute atomic E-state index is 0.288. The Bertz CT molecular complexity index is 1390. The molecule has 10 heteroatoms. The number of hydrogen-bond donors (Lipinski definition) is 1. The van der Waals surface area contributed by atoms with Gasteiger partial charge in [-0.1, -0.05) is 11.3 Å². The number of rotatable bonds is 4. The van der Waals surface area contributed by atoms with Gasteiger partial charge in [0.2, 0.25) is 0 Å². The molecule has 0 radical (unpaired) electrons. The molecule has 2 aliphatic carbocycles. The molecule has 4 heterocycles. The Balaban J connectivity index is 1.34. The van der Waals surface area contributed by atoms with Crippen LogP contribution in [0.4, 0.5) is 20.4 Å². The van der Waals surface area contributed by atoms with Gasteiger partial charge in [-0.25, -0.2) is 18.3 Å². The van der Waals surface area contributed by atoms with Crippen molar-refractivity contribution in [3.63, 3.8) is 0 Å². The van der Waals surface area contributed by atoms with Crippen molar-refractivity contribution in [1.82, 2.24) is 24.8 Å². The second kappa shape index (κ2) is 6.22.